The lowest BCUT2D eigenvalue weighted by atomic mass is 10.0. The highest BCUT2D eigenvalue weighted by Crippen LogP contribution is 2.17. The Morgan fingerprint density at radius 1 is 0.571 bits per heavy atom. The number of unbranched alkanes of at least 4 members (excludes halogenated alkanes) is 24. The highest BCUT2D eigenvalue weighted by Gasteiger charge is 2.24. The van der Waals surface area contributed by atoms with E-state index in [1.54, 1.807) is 0 Å². The largest absolute Gasteiger partial charge is 0.462 e. The Morgan fingerprint density at radius 3 is 1.51 bits per heavy atom. The van der Waals surface area contributed by atoms with Gasteiger partial charge in [-0.05, 0) is 44.9 Å². The van der Waals surface area contributed by atoms with Gasteiger partial charge in [-0.15, -0.1) is 0 Å². The van der Waals surface area contributed by atoms with Crippen molar-refractivity contribution in [2.75, 3.05) is 6.61 Å². The van der Waals surface area contributed by atoms with Crippen LogP contribution in [-0.4, -0.2) is 46.9 Å². The maximum Gasteiger partial charge on any atom is 0.306 e. The van der Waals surface area contributed by atoms with Crippen molar-refractivity contribution in [2.24, 2.45) is 0 Å². The van der Waals surface area contributed by atoms with Crippen molar-refractivity contribution in [2.45, 2.75) is 244 Å². The average Bonchev–Trinajstić information content (AvgIpc) is 3.09. The summed E-state index contributed by atoms with van der Waals surface area (Å²) in [5.74, 6) is -0.484. The van der Waals surface area contributed by atoms with E-state index in [0.717, 1.165) is 51.4 Å². The Kier molecular flexibility index (Phi) is 36.8. The highest BCUT2D eigenvalue weighted by molar-refractivity contribution is 5.77. The van der Waals surface area contributed by atoms with Gasteiger partial charge in [-0.1, -0.05) is 181 Å². The second-order valence-electron chi connectivity index (χ2n) is 14.7. The molecule has 49 heavy (non-hydrogen) atoms. The summed E-state index contributed by atoms with van der Waals surface area (Å²) in [6.45, 7) is 6.40. The molecule has 0 aromatic heterocycles. The summed E-state index contributed by atoms with van der Waals surface area (Å²) < 4.78 is 5.85. The van der Waals surface area contributed by atoms with Crippen molar-refractivity contribution in [3.05, 3.63) is 12.2 Å². The first-order valence-electron chi connectivity index (χ1n) is 21.4. The van der Waals surface area contributed by atoms with E-state index in [4.69, 9.17) is 4.74 Å². The zero-order chi connectivity index (χ0) is 36.0. The molecular weight excluding hydrogens is 610 g/mol. The third-order valence-corrected chi connectivity index (χ3v) is 9.84. The molecule has 290 valence electrons. The molecule has 0 radical (unpaired) electrons. The number of carbonyl (C=O) groups is 2. The van der Waals surface area contributed by atoms with Crippen LogP contribution in [0, 0.1) is 0 Å². The minimum Gasteiger partial charge on any atom is -0.462 e. The number of nitrogens with one attached hydrogen (secondary N) is 1. The van der Waals surface area contributed by atoms with Crippen LogP contribution in [0.4, 0.5) is 0 Å². The molecule has 3 N–H and O–H groups in total. The third-order valence-electron chi connectivity index (χ3n) is 9.84. The molecule has 1 amide bonds. The maximum atomic E-state index is 13.0. The van der Waals surface area contributed by atoms with E-state index in [1.807, 2.05) is 0 Å². The molecule has 0 aliphatic heterocycles. The third kappa shape index (κ3) is 33.5. The molecule has 0 aliphatic rings. The predicted molar refractivity (Wildman–Crippen MR) is 209 cm³/mol. The van der Waals surface area contributed by atoms with Gasteiger partial charge in [0.05, 0.1) is 25.2 Å². The molecule has 0 fully saturated rings. The zero-order valence-corrected chi connectivity index (χ0v) is 32.8. The van der Waals surface area contributed by atoms with Gasteiger partial charge in [-0.25, -0.2) is 0 Å². The number of hydrogen-bond donors (Lipinski definition) is 3. The number of aliphatic hydroxyl groups is 2. The lowest BCUT2D eigenvalue weighted by molar-refractivity contribution is -0.151. The van der Waals surface area contributed by atoms with Crippen LogP contribution >= 0.6 is 0 Å². The molecule has 0 rings (SSSR count). The molecule has 6 heteroatoms. The molecule has 3 atom stereocenters. The van der Waals surface area contributed by atoms with E-state index in [9.17, 15) is 19.8 Å². The van der Waals surface area contributed by atoms with Crippen LogP contribution in [0.15, 0.2) is 12.2 Å². The van der Waals surface area contributed by atoms with Crippen LogP contribution in [0.3, 0.4) is 0 Å². The Bertz CT molecular complexity index is 742. The Labute approximate surface area is 304 Å². The Morgan fingerprint density at radius 2 is 1.00 bits per heavy atom. The SMILES string of the molecule is CCCC/C=C\CCCCCCCC(=O)OC(CCCCCCCCC)CC(=O)NC(CO)C(O)CCCCCCCCCCCCCC. The summed E-state index contributed by atoms with van der Waals surface area (Å²) in [6, 6.07) is -0.693. The van der Waals surface area contributed by atoms with Gasteiger partial charge in [0.1, 0.15) is 6.10 Å². The zero-order valence-electron chi connectivity index (χ0n) is 32.8. The van der Waals surface area contributed by atoms with Crippen LogP contribution in [0.1, 0.15) is 226 Å². The van der Waals surface area contributed by atoms with Crippen LogP contribution < -0.4 is 5.32 Å². The van der Waals surface area contributed by atoms with Gasteiger partial charge in [-0.3, -0.25) is 9.59 Å². The monoisotopic (exact) mass is 694 g/mol. The lowest BCUT2D eigenvalue weighted by Gasteiger charge is -2.24. The van der Waals surface area contributed by atoms with Crippen molar-refractivity contribution in [3.8, 4) is 0 Å². The summed E-state index contributed by atoms with van der Waals surface area (Å²) in [4.78, 5) is 25.8. The average molecular weight is 694 g/mol. The van der Waals surface area contributed by atoms with Crippen molar-refractivity contribution in [1.29, 1.82) is 0 Å². The standard InChI is InChI=1S/C43H83NO5/c1-4-7-10-13-16-18-20-22-23-26-29-32-35-41(46)40(38-45)44-42(47)37-39(34-31-28-25-15-12-9-6-3)49-43(48)36-33-30-27-24-21-19-17-14-11-8-5-2/h14,17,39-41,45-46H,4-13,15-16,18-38H2,1-3H3,(H,44,47)/b17-14-. The van der Waals surface area contributed by atoms with Gasteiger partial charge in [0.2, 0.25) is 5.91 Å². The van der Waals surface area contributed by atoms with Gasteiger partial charge >= 0.3 is 5.97 Å². The fraction of sp³-hybridized carbons (Fsp3) is 0.907. The molecule has 0 saturated heterocycles. The van der Waals surface area contributed by atoms with Gasteiger partial charge in [0.15, 0.2) is 0 Å². The minimum atomic E-state index is -0.779. The van der Waals surface area contributed by atoms with Gasteiger partial charge in [0, 0.05) is 6.42 Å². The molecule has 0 heterocycles. The number of aliphatic hydroxyl groups excluding tert-OH is 2. The number of allylic oxidation sites excluding steroid dienone is 2. The topological polar surface area (TPSA) is 95.9 Å². The predicted octanol–water partition coefficient (Wildman–Crippen LogP) is 11.8. The summed E-state index contributed by atoms with van der Waals surface area (Å²) in [7, 11) is 0. The smallest absolute Gasteiger partial charge is 0.306 e. The molecule has 0 bridgehead atoms. The number of carbonyl (C=O) groups excluding carboxylic acids is 2. The van der Waals surface area contributed by atoms with Crippen LogP contribution in [0.5, 0.6) is 0 Å². The van der Waals surface area contributed by atoms with E-state index in [-0.39, 0.29) is 24.9 Å². The quantitative estimate of drug-likeness (QED) is 0.0340. The number of ether oxygens (including phenoxy) is 1. The van der Waals surface area contributed by atoms with Crippen LogP contribution in [0.25, 0.3) is 0 Å². The molecule has 0 aromatic rings. The Balaban J connectivity index is 4.46. The fourth-order valence-electron chi connectivity index (χ4n) is 6.53. The van der Waals surface area contributed by atoms with Gasteiger partial charge in [-0.2, -0.15) is 0 Å². The van der Waals surface area contributed by atoms with E-state index >= 15 is 0 Å². The van der Waals surface area contributed by atoms with Crippen molar-refractivity contribution in [1.82, 2.24) is 5.32 Å². The van der Waals surface area contributed by atoms with Crippen LogP contribution in [0.2, 0.25) is 0 Å². The first-order valence-corrected chi connectivity index (χ1v) is 21.4. The first kappa shape index (κ1) is 47.6. The number of rotatable bonds is 38. The molecule has 0 aromatic carbocycles. The van der Waals surface area contributed by atoms with E-state index in [2.05, 4.69) is 38.2 Å². The number of esters is 1. The second-order valence-corrected chi connectivity index (χ2v) is 14.7. The molecular formula is C43H83NO5. The highest BCUT2D eigenvalue weighted by atomic mass is 16.5. The fourth-order valence-corrected chi connectivity index (χ4v) is 6.53. The minimum absolute atomic E-state index is 0.0785. The van der Waals surface area contributed by atoms with E-state index in [1.165, 1.54) is 128 Å². The van der Waals surface area contributed by atoms with Crippen molar-refractivity contribution in [3.63, 3.8) is 0 Å². The van der Waals surface area contributed by atoms with Crippen LogP contribution in [-0.2, 0) is 14.3 Å². The number of hydrogen-bond acceptors (Lipinski definition) is 5. The van der Waals surface area contributed by atoms with Crippen molar-refractivity contribution >= 4 is 11.9 Å². The summed E-state index contributed by atoms with van der Waals surface area (Å²) >= 11 is 0. The summed E-state index contributed by atoms with van der Waals surface area (Å²) in [6.07, 6.45) is 38.5. The Hall–Kier alpha value is -1.40. The summed E-state index contributed by atoms with van der Waals surface area (Å²) in [5, 5.41) is 23.5. The molecule has 0 saturated carbocycles. The molecule has 6 nitrogen and oxygen atoms in total. The van der Waals surface area contributed by atoms with Crippen molar-refractivity contribution < 1.29 is 24.5 Å². The first-order chi connectivity index (χ1) is 24.0. The van der Waals surface area contributed by atoms with Gasteiger partial charge in [0.25, 0.3) is 0 Å². The number of amides is 1. The lowest BCUT2D eigenvalue weighted by Crippen LogP contribution is -2.46. The maximum absolute atomic E-state index is 13.0. The summed E-state index contributed by atoms with van der Waals surface area (Å²) in [5.41, 5.74) is 0. The second kappa shape index (κ2) is 37.8. The molecule has 0 spiro atoms. The molecule has 3 unspecified atom stereocenters. The van der Waals surface area contributed by atoms with E-state index < -0.39 is 18.2 Å². The van der Waals surface area contributed by atoms with Gasteiger partial charge < -0.3 is 20.3 Å². The molecule has 0 aliphatic carbocycles. The van der Waals surface area contributed by atoms with E-state index in [0.29, 0.717) is 19.3 Å². The normalized spacial score (nSPS) is 13.5.